The summed E-state index contributed by atoms with van der Waals surface area (Å²) in [6, 6.07) is 9.82. The van der Waals surface area contributed by atoms with E-state index in [9.17, 15) is 4.79 Å². The normalized spacial score (nSPS) is 11.3. The fourth-order valence-corrected chi connectivity index (χ4v) is 4.38. The second kappa shape index (κ2) is 7.16. The summed E-state index contributed by atoms with van der Waals surface area (Å²) in [5, 5.41) is 7.96. The molecule has 3 heterocycles. The Morgan fingerprint density at radius 2 is 2.04 bits per heavy atom. The van der Waals surface area contributed by atoms with E-state index in [4.69, 9.17) is 0 Å². The summed E-state index contributed by atoms with van der Waals surface area (Å²) in [7, 11) is 0. The number of anilines is 1. The minimum absolute atomic E-state index is 0.102. The van der Waals surface area contributed by atoms with Gasteiger partial charge in [0.15, 0.2) is 10.9 Å². The van der Waals surface area contributed by atoms with Crippen LogP contribution in [0.1, 0.15) is 46.9 Å². The number of carbonyl (C=O) groups excluding carboxylic acids is 1. The van der Waals surface area contributed by atoms with Crippen LogP contribution in [0.3, 0.4) is 0 Å². The number of aromatic nitrogens is 4. The van der Waals surface area contributed by atoms with E-state index < -0.39 is 0 Å². The van der Waals surface area contributed by atoms with Crippen LogP contribution in [0.5, 0.6) is 0 Å². The molecule has 0 spiro atoms. The Morgan fingerprint density at radius 1 is 1.21 bits per heavy atom. The van der Waals surface area contributed by atoms with Crippen molar-refractivity contribution >= 4 is 32.6 Å². The first-order chi connectivity index (χ1) is 13.4. The van der Waals surface area contributed by atoms with Gasteiger partial charge in [-0.3, -0.25) is 10.1 Å². The van der Waals surface area contributed by atoms with E-state index in [2.05, 4.69) is 39.4 Å². The van der Waals surface area contributed by atoms with Gasteiger partial charge in [0.1, 0.15) is 0 Å². The van der Waals surface area contributed by atoms with Crippen LogP contribution in [0, 0.1) is 13.8 Å². The average molecular weight is 392 g/mol. The maximum absolute atomic E-state index is 13.0. The van der Waals surface area contributed by atoms with Gasteiger partial charge in [0, 0.05) is 6.20 Å². The Hall–Kier alpha value is -3.06. The van der Waals surface area contributed by atoms with Crippen molar-refractivity contribution in [3.63, 3.8) is 0 Å². The second-order valence-electron chi connectivity index (χ2n) is 7.10. The molecule has 0 saturated carbocycles. The van der Waals surface area contributed by atoms with Crippen LogP contribution in [0.2, 0.25) is 0 Å². The maximum Gasteiger partial charge on any atom is 0.260 e. The molecule has 1 amide bonds. The molecule has 1 aromatic carbocycles. The third kappa shape index (κ3) is 3.29. The van der Waals surface area contributed by atoms with Crippen molar-refractivity contribution in [2.75, 3.05) is 5.32 Å². The smallest absolute Gasteiger partial charge is 0.260 e. The Kier molecular flexibility index (Phi) is 4.68. The Bertz CT molecular complexity index is 1160. The highest BCUT2D eigenvalue weighted by Gasteiger charge is 2.22. The zero-order chi connectivity index (χ0) is 19.8. The highest BCUT2D eigenvalue weighted by Crippen LogP contribution is 2.30. The number of thiazole rings is 1. The highest BCUT2D eigenvalue weighted by atomic mass is 32.1. The third-order valence-electron chi connectivity index (χ3n) is 4.51. The lowest BCUT2D eigenvalue weighted by Gasteiger charge is -2.11. The molecule has 4 aromatic rings. The fourth-order valence-electron chi connectivity index (χ4n) is 3.34. The number of rotatable bonds is 4. The van der Waals surface area contributed by atoms with E-state index in [0.717, 1.165) is 21.5 Å². The number of aryl methyl sites for hydroxylation is 2. The van der Waals surface area contributed by atoms with Gasteiger partial charge in [0.2, 0.25) is 0 Å². The van der Waals surface area contributed by atoms with E-state index >= 15 is 0 Å². The number of nitrogens with one attached hydrogen (secondary N) is 1. The summed E-state index contributed by atoms with van der Waals surface area (Å²) in [5.74, 6) is 0.584. The van der Waals surface area contributed by atoms with Crippen LogP contribution >= 0.6 is 11.3 Å². The van der Waals surface area contributed by atoms with Crippen molar-refractivity contribution in [3.8, 4) is 5.82 Å². The third-order valence-corrected chi connectivity index (χ3v) is 5.43. The maximum atomic E-state index is 13.0. The summed E-state index contributed by atoms with van der Waals surface area (Å²) in [4.78, 5) is 22.0. The number of amides is 1. The molecular weight excluding hydrogens is 370 g/mol. The topological polar surface area (TPSA) is 72.7 Å². The predicted molar refractivity (Wildman–Crippen MR) is 112 cm³/mol. The minimum atomic E-state index is -0.209. The Morgan fingerprint density at radius 3 is 2.75 bits per heavy atom. The van der Waals surface area contributed by atoms with Crippen LogP contribution in [0.15, 0.2) is 42.7 Å². The molecule has 142 valence electrons. The molecule has 0 radical (unpaired) electrons. The average Bonchev–Trinajstić information content (AvgIpc) is 3.26. The number of fused-ring (bicyclic) bond motifs is 1. The van der Waals surface area contributed by atoms with Crippen LogP contribution in [-0.4, -0.2) is 25.7 Å². The number of benzene rings is 1. The van der Waals surface area contributed by atoms with Gasteiger partial charge in [-0.05, 0) is 49.1 Å². The molecule has 1 N–H and O–H groups in total. The van der Waals surface area contributed by atoms with Gasteiger partial charge in [-0.25, -0.2) is 14.6 Å². The molecule has 6 nitrogen and oxygen atoms in total. The van der Waals surface area contributed by atoms with Gasteiger partial charge in [-0.15, -0.1) is 0 Å². The van der Waals surface area contributed by atoms with Crippen LogP contribution < -0.4 is 5.32 Å². The van der Waals surface area contributed by atoms with Gasteiger partial charge in [-0.2, -0.15) is 5.10 Å². The molecule has 7 heteroatoms. The monoisotopic (exact) mass is 391 g/mol. The molecular formula is C21H21N5OS. The molecule has 3 aromatic heterocycles. The van der Waals surface area contributed by atoms with Gasteiger partial charge in [0.25, 0.3) is 5.91 Å². The van der Waals surface area contributed by atoms with Gasteiger partial charge in [0.05, 0.1) is 27.7 Å². The molecule has 0 bridgehead atoms. The number of hydrogen-bond acceptors (Lipinski definition) is 5. The fraction of sp³-hybridized carbons (Fsp3) is 0.238. The summed E-state index contributed by atoms with van der Waals surface area (Å²) in [6.07, 6.45) is 3.31. The molecule has 0 atom stereocenters. The van der Waals surface area contributed by atoms with Crippen molar-refractivity contribution in [2.45, 2.75) is 33.6 Å². The molecule has 0 unspecified atom stereocenters. The number of hydrogen-bond donors (Lipinski definition) is 1. The highest BCUT2D eigenvalue weighted by molar-refractivity contribution is 7.22. The molecule has 0 aliphatic rings. The summed E-state index contributed by atoms with van der Waals surface area (Å²) < 4.78 is 2.80. The lowest BCUT2D eigenvalue weighted by molar-refractivity contribution is 0.102. The van der Waals surface area contributed by atoms with Gasteiger partial charge >= 0.3 is 0 Å². The Balaban J connectivity index is 1.69. The zero-order valence-electron chi connectivity index (χ0n) is 16.2. The van der Waals surface area contributed by atoms with Crippen molar-refractivity contribution in [1.82, 2.24) is 19.7 Å². The lowest BCUT2D eigenvalue weighted by atomic mass is 10.1. The molecule has 28 heavy (non-hydrogen) atoms. The molecule has 0 saturated heterocycles. The standard InChI is InChI=1S/C21H21N5OS/c1-12(2)19-15(11-23-26(19)17-7-5-6-8-22-17)20(27)25-21-24-18-14(4)9-13(3)10-16(18)28-21/h5-12H,1-4H3,(H,24,25,27). The number of carbonyl (C=O) groups is 1. The first-order valence-corrected chi connectivity index (χ1v) is 9.94. The van der Waals surface area contributed by atoms with Crippen molar-refractivity contribution in [1.29, 1.82) is 0 Å². The van der Waals surface area contributed by atoms with Crippen LogP contribution in [-0.2, 0) is 0 Å². The Labute approximate surface area is 167 Å². The minimum Gasteiger partial charge on any atom is -0.298 e. The predicted octanol–water partition coefficient (Wildman–Crippen LogP) is 4.87. The quantitative estimate of drug-likeness (QED) is 0.539. The van der Waals surface area contributed by atoms with Crippen molar-refractivity contribution < 1.29 is 4.79 Å². The van der Waals surface area contributed by atoms with Gasteiger partial charge < -0.3 is 0 Å². The lowest BCUT2D eigenvalue weighted by Crippen LogP contribution is -2.15. The summed E-state index contributed by atoms with van der Waals surface area (Å²) in [5.41, 5.74) is 4.58. The van der Waals surface area contributed by atoms with E-state index in [1.54, 1.807) is 17.1 Å². The molecule has 4 rings (SSSR count). The van der Waals surface area contributed by atoms with E-state index in [1.165, 1.54) is 16.9 Å². The molecule has 0 aliphatic carbocycles. The first-order valence-electron chi connectivity index (χ1n) is 9.12. The van der Waals surface area contributed by atoms with Crippen LogP contribution in [0.25, 0.3) is 16.0 Å². The SMILES string of the molecule is Cc1cc(C)c2nc(NC(=O)c3cnn(-c4ccccn4)c3C(C)C)sc2c1. The van der Waals surface area contributed by atoms with Crippen molar-refractivity contribution in [3.05, 3.63) is 65.1 Å². The molecule has 0 fully saturated rings. The summed E-state index contributed by atoms with van der Waals surface area (Å²) >= 11 is 1.48. The zero-order valence-corrected chi connectivity index (χ0v) is 17.0. The van der Waals surface area contributed by atoms with E-state index in [1.807, 2.05) is 39.0 Å². The first kappa shape index (κ1) is 18.3. The van der Waals surface area contributed by atoms with Gasteiger partial charge in [-0.1, -0.05) is 37.3 Å². The number of nitrogens with zero attached hydrogens (tertiary/aromatic N) is 4. The number of pyridine rings is 1. The second-order valence-corrected chi connectivity index (χ2v) is 8.13. The largest absolute Gasteiger partial charge is 0.298 e. The van der Waals surface area contributed by atoms with E-state index in [0.29, 0.717) is 16.5 Å². The van der Waals surface area contributed by atoms with E-state index in [-0.39, 0.29) is 11.8 Å². The summed E-state index contributed by atoms with van der Waals surface area (Å²) in [6.45, 7) is 8.17. The van der Waals surface area contributed by atoms with Crippen LogP contribution in [0.4, 0.5) is 5.13 Å². The molecule has 0 aliphatic heterocycles. The van der Waals surface area contributed by atoms with Crippen molar-refractivity contribution in [2.24, 2.45) is 0 Å².